The topological polar surface area (TPSA) is 39.2 Å². The zero-order valence-electron chi connectivity index (χ0n) is 16.9. The Morgan fingerprint density at radius 2 is 2.07 bits per heavy atom. The van der Waals surface area contributed by atoms with Gasteiger partial charge in [-0.3, -0.25) is 9.78 Å². The van der Waals surface area contributed by atoms with Gasteiger partial charge in [-0.1, -0.05) is 63.1 Å². The monoisotopic (exact) mass is 367 g/mol. The molecule has 1 aliphatic heterocycles. The van der Waals surface area contributed by atoms with Crippen molar-refractivity contribution in [2.45, 2.75) is 71.3 Å². The van der Waals surface area contributed by atoms with E-state index in [4.69, 9.17) is 4.74 Å². The Labute approximate surface area is 164 Å². The van der Waals surface area contributed by atoms with E-state index in [1.165, 1.54) is 12.8 Å². The molecule has 3 atom stereocenters. The standard InChI is InChI=1S/C24H33NO2/c1-19(22-16-10-11-18-25-22)14-12-15-21(3)24-20(2)13-8-6-4-5-7-9-17-23(26)27-24/h8,10-16,18-20,24H,4-7,9,17H2,1-3H3/b13-8+,14-12+,21-15+/t19-,20+,24+/m1/s1. The number of carbonyl (C=O) groups excluding carboxylic acids is 1. The summed E-state index contributed by atoms with van der Waals surface area (Å²) in [5, 5.41) is 0. The molecule has 2 rings (SSSR count). The van der Waals surface area contributed by atoms with E-state index in [-0.39, 0.29) is 23.9 Å². The minimum atomic E-state index is -0.206. The molecule has 0 amide bonds. The fraction of sp³-hybridized carbons (Fsp3) is 0.500. The van der Waals surface area contributed by atoms with Crippen molar-refractivity contribution in [1.82, 2.24) is 4.98 Å². The lowest BCUT2D eigenvalue weighted by atomic mass is 9.96. The van der Waals surface area contributed by atoms with E-state index in [0.29, 0.717) is 6.42 Å². The lowest BCUT2D eigenvalue weighted by Crippen LogP contribution is -2.25. The number of carbonyl (C=O) groups is 1. The second kappa shape index (κ2) is 11.5. The fourth-order valence-electron chi connectivity index (χ4n) is 3.33. The number of cyclic esters (lactones) is 1. The van der Waals surface area contributed by atoms with Crippen LogP contribution in [0.15, 0.2) is 60.3 Å². The molecule has 0 radical (unpaired) electrons. The summed E-state index contributed by atoms with van der Waals surface area (Å²) in [5.41, 5.74) is 2.12. The smallest absolute Gasteiger partial charge is 0.306 e. The van der Waals surface area contributed by atoms with Crippen LogP contribution >= 0.6 is 0 Å². The van der Waals surface area contributed by atoms with Crippen molar-refractivity contribution in [2.75, 3.05) is 0 Å². The molecule has 0 spiro atoms. The summed E-state index contributed by atoms with van der Waals surface area (Å²) in [7, 11) is 0. The van der Waals surface area contributed by atoms with Crippen molar-refractivity contribution in [2.24, 2.45) is 5.92 Å². The van der Waals surface area contributed by atoms with Crippen molar-refractivity contribution < 1.29 is 9.53 Å². The van der Waals surface area contributed by atoms with Crippen LogP contribution < -0.4 is 0 Å². The van der Waals surface area contributed by atoms with Gasteiger partial charge in [0.05, 0.1) is 0 Å². The van der Waals surface area contributed by atoms with Gasteiger partial charge in [0.1, 0.15) is 6.10 Å². The number of nitrogens with zero attached hydrogens (tertiary/aromatic N) is 1. The number of allylic oxidation sites excluding steroid dienone is 4. The molecule has 3 heteroatoms. The quantitative estimate of drug-likeness (QED) is 0.364. The van der Waals surface area contributed by atoms with Gasteiger partial charge < -0.3 is 4.74 Å². The summed E-state index contributed by atoms with van der Waals surface area (Å²) in [5.74, 6) is 0.331. The Morgan fingerprint density at radius 3 is 2.85 bits per heavy atom. The van der Waals surface area contributed by atoms with Crippen LogP contribution in [0.3, 0.4) is 0 Å². The van der Waals surface area contributed by atoms with E-state index < -0.39 is 0 Å². The Kier molecular flexibility index (Phi) is 9.03. The largest absolute Gasteiger partial charge is 0.457 e. The highest BCUT2D eigenvalue weighted by atomic mass is 16.5. The number of hydrogen-bond donors (Lipinski definition) is 0. The van der Waals surface area contributed by atoms with Gasteiger partial charge in [0.25, 0.3) is 0 Å². The molecule has 1 aliphatic rings. The molecule has 0 unspecified atom stereocenters. The summed E-state index contributed by atoms with van der Waals surface area (Å²) in [6.07, 6.45) is 18.3. The first-order chi connectivity index (χ1) is 13.1. The summed E-state index contributed by atoms with van der Waals surface area (Å²) in [6, 6.07) is 5.97. The SMILES string of the molecule is C/C(=C\C=C\[C@@H](C)c1ccccn1)[C@H]1OC(=O)CCCCCC/C=C/[C@@H]1C. The third-order valence-electron chi connectivity index (χ3n) is 5.04. The van der Waals surface area contributed by atoms with Crippen molar-refractivity contribution in [3.8, 4) is 0 Å². The van der Waals surface area contributed by atoms with Crippen LogP contribution in [0.25, 0.3) is 0 Å². The van der Waals surface area contributed by atoms with Crippen molar-refractivity contribution in [3.05, 3.63) is 66.0 Å². The number of aromatic nitrogens is 1. The van der Waals surface area contributed by atoms with Crippen LogP contribution in [0, 0.1) is 5.92 Å². The molecule has 1 aromatic rings. The third kappa shape index (κ3) is 7.54. The van der Waals surface area contributed by atoms with Crippen LogP contribution in [-0.4, -0.2) is 17.1 Å². The van der Waals surface area contributed by atoms with E-state index in [0.717, 1.165) is 30.5 Å². The van der Waals surface area contributed by atoms with Crippen LogP contribution in [0.5, 0.6) is 0 Å². The van der Waals surface area contributed by atoms with E-state index >= 15 is 0 Å². The molecule has 0 aliphatic carbocycles. The maximum atomic E-state index is 12.2. The van der Waals surface area contributed by atoms with Gasteiger partial charge in [0.15, 0.2) is 0 Å². The molecule has 1 aromatic heterocycles. The molecule has 0 N–H and O–H groups in total. The van der Waals surface area contributed by atoms with Crippen molar-refractivity contribution in [3.63, 3.8) is 0 Å². The summed E-state index contributed by atoms with van der Waals surface area (Å²) in [4.78, 5) is 16.6. The molecule has 3 nitrogen and oxygen atoms in total. The average molecular weight is 368 g/mol. The van der Waals surface area contributed by atoms with Gasteiger partial charge in [0, 0.05) is 30.1 Å². The average Bonchev–Trinajstić information content (AvgIpc) is 2.67. The van der Waals surface area contributed by atoms with Gasteiger partial charge in [-0.05, 0) is 43.9 Å². The minimum Gasteiger partial charge on any atom is -0.457 e. The number of ether oxygens (including phenoxy) is 1. The predicted octanol–water partition coefficient (Wildman–Crippen LogP) is 6.15. The first-order valence-corrected chi connectivity index (χ1v) is 10.2. The first-order valence-electron chi connectivity index (χ1n) is 10.2. The molecular weight excluding hydrogens is 334 g/mol. The summed E-state index contributed by atoms with van der Waals surface area (Å²) < 4.78 is 5.83. The second-order valence-corrected chi connectivity index (χ2v) is 7.49. The van der Waals surface area contributed by atoms with E-state index in [2.05, 4.69) is 49.2 Å². The van der Waals surface area contributed by atoms with Crippen LogP contribution in [0.2, 0.25) is 0 Å². The lowest BCUT2D eigenvalue weighted by Gasteiger charge is -2.23. The predicted molar refractivity (Wildman–Crippen MR) is 111 cm³/mol. The molecule has 2 heterocycles. The summed E-state index contributed by atoms with van der Waals surface area (Å²) >= 11 is 0. The summed E-state index contributed by atoms with van der Waals surface area (Å²) in [6.45, 7) is 6.30. The molecule has 0 aromatic carbocycles. The van der Waals surface area contributed by atoms with Gasteiger partial charge in [0.2, 0.25) is 0 Å². The minimum absolute atomic E-state index is 0.0839. The van der Waals surface area contributed by atoms with Crippen LogP contribution in [0.1, 0.15) is 70.9 Å². The molecule has 0 bridgehead atoms. The van der Waals surface area contributed by atoms with E-state index in [1.54, 1.807) is 0 Å². The number of rotatable bonds is 4. The maximum absolute atomic E-state index is 12.2. The molecule has 0 saturated carbocycles. The second-order valence-electron chi connectivity index (χ2n) is 7.49. The Morgan fingerprint density at radius 1 is 1.26 bits per heavy atom. The van der Waals surface area contributed by atoms with E-state index in [9.17, 15) is 4.79 Å². The number of esters is 1. The third-order valence-corrected chi connectivity index (χ3v) is 5.04. The van der Waals surface area contributed by atoms with Crippen molar-refractivity contribution >= 4 is 5.97 Å². The zero-order valence-corrected chi connectivity index (χ0v) is 16.9. The Balaban J connectivity index is 2.07. The highest BCUT2D eigenvalue weighted by Gasteiger charge is 2.21. The van der Waals surface area contributed by atoms with Crippen LogP contribution in [-0.2, 0) is 9.53 Å². The fourth-order valence-corrected chi connectivity index (χ4v) is 3.33. The molecule has 0 saturated heterocycles. The van der Waals surface area contributed by atoms with Gasteiger partial charge in [-0.15, -0.1) is 0 Å². The Bertz CT molecular complexity index is 660. The molecule has 27 heavy (non-hydrogen) atoms. The number of pyridine rings is 1. The molecule has 146 valence electrons. The van der Waals surface area contributed by atoms with Gasteiger partial charge >= 0.3 is 5.97 Å². The van der Waals surface area contributed by atoms with Gasteiger partial charge in [-0.2, -0.15) is 0 Å². The Hall–Kier alpha value is -2.16. The lowest BCUT2D eigenvalue weighted by molar-refractivity contribution is -0.148. The molecule has 0 fully saturated rings. The van der Waals surface area contributed by atoms with Crippen LogP contribution in [0.4, 0.5) is 0 Å². The molecular formula is C24H33NO2. The zero-order chi connectivity index (χ0) is 19.5. The maximum Gasteiger partial charge on any atom is 0.306 e. The number of hydrogen-bond acceptors (Lipinski definition) is 3. The first kappa shape index (κ1) is 21.1. The van der Waals surface area contributed by atoms with Crippen molar-refractivity contribution in [1.29, 1.82) is 0 Å². The van der Waals surface area contributed by atoms with E-state index in [1.807, 2.05) is 31.3 Å². The normalized spacial score (nSPS) is 25.3. The highest BCUT2D eigenvalue weighted by Crippen LogP contribution is 2.21. The highest BCUT2D eigenvalue weighted by molar-refractivity contribution is 5.69. The van der Waals surface area contributed by atoms with Gasteiger partial charge in [-0.25, -0.2) is 0 Å².